The van der Waals surface area contributed by atoms with Crippen molar-refractivity contribution in [3.63, 3.8) is 0 Å². The summed E-state index contributed by atoms with van der Waals surface area (Å²) in [6.45, 7) is 3.62. The van der Waals surface area contributed by atoms with Gasteiger partial charge in [-0.15, -0.1) is 0 Å². The monoisotopic (exact) mass is 285 g/mol. The fourth-order valence-corrected chi connectivity index (χ4v) is 1.46. The molecule has 0 aliphatic carbocycles. The van der Waals surface area contributed by atoms with Crippen LogP contribution in [0, 0.1) is 11.6 Å². The molecule has 1 atom stereocenters. The topological polar surface area (TPSA) is 70.2 Å². The van der Waals surface area contributed by atoms with E-state index < -0.39 is 29.6 Å². The summed E-state index contributed by atoms with van der Waals surface area (Å²) >= 11 is 0. The first-order valence-electron chi connectivity index (χ1n) is 6.20. The molecule has 3 amide bonds. The number of halogens is 2. The van der Waals surface area contributed by atoms with Gasteiger partial charge in [-0.2, -0.15) is 0 Å². The Hall–Kier alpha value is -2.02. The van der Waals surface area contributed by atoms with Crippen molar-refractivity contribution in [2.45, 2.75) is 26.4 Å². The average Bonchev–Trinajstić information content (AvgIpc) is 2.39. The van der Waals surface area contributed by atoms with E-state index in [1.54, 1.807) is 6.92 Å². The van der Waals surface area contributed by atoms with Crippen molar-refractivity contribution in [1.29, 1.82) is 0 Å². The summed E-state index contributed by atoms with van der Waals surface area (Å²) in [7, 11) is 0. The number of imide groups is 1. The number of hydrogen-bond acceptors (Lipinski definition) is 3. The molecule has 1 unspecified atom stereocenters. The maximum Gasteiger partial charge on any atom is 0.321 e. The Morgan fingerprint density at radius 1 is 1.30 bits per heavy atom. The molecule has 0 heterocycles. The van der Waals surface area contributed by atoms with Crippen LogP contribution in [0.5, 0.6) is 0 Å². The zero-order chi connectivity index (χ0) is 15.1. The van der Waals surface area contributed by atoms with Crippen molar-refractivity contribution in [1.82, 2.24) is 16.0 Å². The first-order valence-corrected chi connectivity index (χ1v) is 6.20. The predicted octanol–water partition coefficient (Wildman–Crippen LogP) is 1.29. The summed E-state index contributed by atoms with van der Waals surface area (Å²) in [5, 5.41) is 7.25. The number of urea groups is 1. The van der Waals surface area contributed by atoms with Crippen LogP contribution >= 0.6 is 0 Å². The minimum Gasteiger partial charge on any atom is -0.338 e. The van der Waals surface area contributed by atoms with Crippen molar-refractivity contribution in [3.8, 4) is 0 Å². The van der Waals surface area contributed by atoms with Gasteiger partial charge in [-0.25, -0.2) is 13.6 Å². The lowest BCUT2D eigenvalue weighted by atomic mass is 10.2. The molecule has 110 valence electrons. The Bertz CT molecular complexity index is 495. The van der Waals surface area contributed by atoms with Gasteiger partial charge in [0.05, 0.1) is 6.04 Å². The molecule has 0 radical (unpaired) electrons. The molecule has 0 fully saturated rings. The lowest BCUT2D eigenvalue weighted by molar-refractivity contribution is -0.121. The van der Waals surface area contributed by atoms with Gasteiger partial charge < -0.3 is 10.6 Å². The van der Waals surface area contributed by atoms with Crippen LogP contribution < -0.4 is 16.0 Å². The molecule has 1 rings (SSSR count). The SMILES string of the molecule is CCNC(=O)NC(=O)C(C)NCc1cc(F)ccc1F. The maximum absolute atomic E-state index is 13.4. The quantitative estimate of drug-likeness (QED) is 0.763. The second kappa shape index (κ2) is 7.54. The highest BCUT2D eigenvalue weighted by atomic mass is 19.1. The smallest absolute Gasteiger partial charge is 0.321 e. The fraction of sp³-hybridized carbons (Fsp3) is 0.385. The molecule has 0 aromatic heterocycles. The molecule has 3 N–H and O–H groups in total. The van der Waals surface area contributed by atoms with Crippen LogP contribution in [0.4, 0.5) is 13.6 Å². The average molecular weight is 285 g/mol. The zero-order valence-electron chi connectivity index (χ0n) is 11.3. The Morgan fingerprint density at radius 3 is 2.65 bits per heavy atom. The molecule has 0 saturated carbocycles. The highest BCUT2D eigenvalue weighted by Gasteiger charge is 2.15. The van der Waals surface area contributed by atoms with E-state index in [2.05, 4.69) is 16.0 Å². The van der Waals surface area contributed by atoms with Crippen LogP contribution in [-0.2, 0) is 11.3 Å². The normalized spacial score (nSPS) is 11.8. The highest BCUT2D eigenvalue weighted by molar-refractivity contribution is 5.96. The summed E-state index contributed by atoms with van der Waals surface area (Å²) in [6.07, 6.45) is 0. The number of nitrogens with one attached hydrogen (secondary N) is 3. The van der Waals surface area contributed by atoms with Gasteiger partial charge in [0.15, 0.2) is 0 Å². The second-order valence-corrected chi connectivity index (χ2v) is 4.19. The van der Waals surface area contributed by atoms with E-state index in [-0.39, 0.29) is 12.1 Å². The van der Waals surface area contributed by atoms with E-state index in [1.165, 1.54) is 6.92 Å². The molecule has 1 aromatic carbocycles. The van der Waals surface area contributed by atoms with E-state index in [0.717, 1.165) is 18.2 Å². The van der Waals surface area contributed by atoms with Gasteiger partial charge >= 0.3 is 6.03 Å². The molecule has 1 aromatic rings. The molecular formula is C13H17F2N3O2. The third-order valence-electron chi connectivity index (χ3n) is 2.57. The lowest BCUT2D eigenvalue weighted by Crippen LogP contribution is -2.47. The van der Waals surface area contributed by atoms with Gasteiger partial charge in [0.1, 0.15) is 11.6 Å². The van der Waals surface area contributed by atoms with Gasteiger partial charge in [0.25, 0.3) is 0 Å². The standard InChI is InChI=1S/C13H17F2N3O2/c1-3-16-13(20)18-12(19)8(2)17-7-9-6-10(14)4-5-11(9)15/h4-6,8,17H,3,7H2,1-2H3,(H2,16,18,19,20). The Morgan fingerprint density at radius 2 is 2.00 bits per heavy atom. The first kappa shape index (κ1) is 16.0. The van der Waals surface area contributed by atoms with Gasteiger partial charge in [-0.05, 0) is 32.0 Å². The van der Waals surface area contributed by atoms with Crippen LogP contribution in [0.15, 0.2) is 18.2 Å². The van der Waals surface area contributed by atoms with Crippen molar-refractivity contribution in [2.24, 2.45) is 0 Å². The van der Waals surface area contributed by atoms with Crippen LogP contribution in [-0.4, -0.2) is 24.5 Å². The van der Waals surface area contributed by atoms with Crippen molar-refractivity contribution in [2.75, 3.05) is 6.54 Å². The van der Waals surface area contributed by atoms with E-state index in [4.69, 9.17) is 0 Å². The molecule has 0 aliphatic rings. The largest absolute Gasteiger partial charge is 0.338 e. The minimum absolute atomic E-state index is 0.0203. The van der Waals surface area contributed by atoms with E-state index in [1.807, 2.05) is 0 Å². The predicted molar refractivity (Wildman–Crippen MR) is 69.9 cm³/mol. The van der Waals surface area contributed by atoms with Crippen LogP contribution in [0.2, 0.25) is 0 Å². The van der Waals surface area contributed by atoms with Crippen molar-refractivity contribution in [3.05, 3.63) is 35.4 Å². The Labute approximate surface area is 115 Å². The van der Waals surface area contributed by atoms with Gasteiger partial charge in [0, 0.05) is 18.7 Å². The van der Waals surface area contributed by atoms with Gasteiger partial charge in [-0.1, -0.05) is 0 Å². The number of hydrogen-bond donors (Lipinski definition) is 3. The molecule has 0 bridgehead atoms. The van der Waals surface area contributed by atoms with Gasteiger partial charge in [-0.3, -0.25) is 10.1 Å². The molecule has 20 heavy (non-hydrogen) atoms. The van der Waals surface area contributed by atoms with Crippen molar-refractivity contribution >= 4 is 11.9 Å². The minimum atomic E-state index is -0.722. The highest BCUT2D eigenvalue weighted by Crippen LogP contribution is 2.09. The van der Waals surface area contributed by atoms with Gasteiger partial charge in [0.2, 0.25) is 5.91 Å². The summed E-state index contributed by atoms with van der Waals surface area (Å²) < 4.78 is 26.3. The van der Waals surface area contributed by atoms with Crippen LogP contribution in [0.1, 0.15) is 19.4 Å². The lowest BCUT2D eigenvalue weighted by Gasteiger charge is -2.14. The maximum atomic E-state index is 13.4. The van der Waals surface area contributed by atoms with E-state index in [0.29, 0.717) is 6.54 Å². The third kappa shape index (κ3) is 4.93. The molecule has 0 spiro atoms. The molecule has 7 heteroatoms. The number of carbonyl (C=O) groups is 2. The number of benzene rings is 1. The molecule has 0 aliphatic heterocycles. The summed E-state index contributed by atoms with van der Waals surface area (Å²) in [6, 6.07) is 1.77. The third-order valence-corrected chi connectivity index (χ3v) is 2.57. The summed E-state index contributed by atoms with van der Waals surface area (Å²) in [4.78, 5) is 22.7. The number of rotatable bonds is 5. The number of amides is 3. The van der Waals surface area contributed by atoms with Crippen LogP contribution in [0.3, 0.4) is 0 Å². The Balaban J connectivity index is 2.50. The first-order chi connectivity index (χ1) is 9.43. The Kier molecular flexibility index (Phi) is 6.05. The van der Waals surface area contributed by atoms with Crippen molar-refractivity contribution < 1.29 is 18.4 Å². The second-order valence-electron chi connectivity index (χ2n) is 4.19. The summed E-state index contributed by atoms with van der Waals surface area (Å²) in [5.41, 5.74) is 0.114. The van der Waals surface area contributed by atoms with E-state index >= 15 is 0 Å². The van der Waals surface area contributed by atoms with Crippen LogP contribution in [0.25, 0.3) is 0 Å². The molecule has 5 nitrogen and oxygen atoms in total. The number of carbonyl (C=O) groups excluding carboxylic acids is 2. The summed E-state index contributed by atoms with van der Waals surface area (Å²) in [5.74, 6) is -1.66. The van der Waals surface area contributed by atoms with E-state index in [9.17, 15) is 18.4 Å². The zero-order valence-corrected chi connectivity index (χ0v) is 11.3. The molecular weight excluding hydrogens is 268 g/mol. The fourth-order valence-electron chi connectivity index (χ4n) is 1.46. The molecule has 0 saturated heterocycles.